The second kappa shape index (κ2) is 12.8. The van der Waals surface area contributed by atoms with E-state index in [1.165, 1.54) is 12.0 Å². The average molecular weight is 469 g/mol. The molecule has 0 spiro atoms. The minimum atomic E-state index is -0.502. The van der Waals surface area contributed by atoms with Crippen LogP contribution >= 0.6 is 11.6 Å². The Kier molecular flexibility index (Phi) is 9.80. The molecule has 2 aromatic rings. The van der Waals surface area contributed by atoms with Crippen LogP contribution in [0.2, 0.25) is 5.02 Å². The van der Waals surface area contributed by atoms with Crippen LogP contribution < -0.4 is 5.32 Å². The molecule has 4 nitrogen and oxygen atoms in total. The summed E-state index contributed by atoms with van der Waals surface area (Å²) in [5, 5.41) is 3.84. The van der Waals surface area contributed by atoms with E-state index < -0.39 is 6.04 Å². The van der Waals surface area contributed by atoms with E-state index in [1.807, 2.05) is 31.2 Å². The molecule has 1 aliphatic rings. The van der Waals surface area contributed by atoms with Crippen molar-refractivity contribution in [1.29, 1.82) is 0 Å². The molecule has 2 amide bonds. The van der Waals surface area contributed by atoms with Gasteiger partial charge in [-0.2, -0.15) is 0 Å². The largest absolute Gasteiger partial charge is 0.352 e. The molecule has 0 aromatic heterocycles. The van der Waals surface area contributed by atoms with Crippen molar-refractivity contribution in [3.8, 4) is 0 Å². The zero-order valence-electron chi connectivity index (χ0n) is 20.0. The predicted octanol–water partition coefficient (Wildman–Crippen LogP) is 6.09. The number of hydrogen-bond donors (Lipinski definition) is 1. The molecular weight excluding hydrogens is 432 g/mol. The van der Waals surface area contributed by atoms with Crippen molar-refractivity contribution < 1.29 is 9.59 Å². The van der Waals surface area contributed by atoms with Gasteiger partial charge in [0.2, 0.25) is 11.8 Å². The van der Waals surface area contributed by atoms with Gasteiger partial charge in [0.05, 0.1) is 0 Å². The lowest BCUT2D eigenvalue weighted by atomic mass is 9.95. The van der Waals surface area contributed by atoms with Gasteiger partial charge in [-0.1, -0.05) is 87.2 Å². The van der Waals surface area contributed by atoms with Gasteiger partial charge in [-0.05, 0) is 54.9 Å². The summed E-state index contributed by atoms with van der Waals surface area (Å²) in [6.07, 6.45) is 8.18. The molecule has 0 heterocycles. The maximum absolute atomic E-state index is 13.5. The maximum atomic E-state index is 13.5. The molecule has 33 heavy (non-hydrogen) atoms. The summed E-state index contributed by atoms with van der Waals surface area (Å²) in [7, 11) is 0. The Morgan fingerprint density at radius 2 is 1.67 bits per heavy atom. The van der Waals surface area contributed by atoms with Crippen molar-refractivity contribution in [3.63, 3.8) is 0 Å². The molecule has 1 N–H and O–H groups in total. The van der Waals surface area contributed by atoms with Gasteiger partial charge in [-0.25, -0.2) is 0 Å². The Balaban J connectivity index is 1.74. The quantitative estimate of drug-likeness (QED) is 0.458. The van der Waals surface area contributed by atoms with E-state index in [0.717, 1.165) is 43.2 Å². The van der Waals surface area contributed by atoms with Crippen molar-refractivity contribution in [2.24, 2.45) is 0 Å². The molecule has 0 saturated heterocycles. The molecule has 0 unspecified atom stereocenters. The Labute approximate surface area is 203 Å². The lowest BCUT2D eigenvalue weighted by molar-refractivity contribution is -0.141. The van der Waals surface area contributed by atoms with Crippen LogP contribution in [0.5, 0.6) is 0 Å². The smallest absolute Gasteiger partial charge is 0.243 e. The first kappa shape index (κ1) is 25.3. The summed E-state index contributed by atoms with van der Waals surface area (Å²) >= 11 is 6.42. The van der Waals surface area contributed by atoms with Gasteiger partial charge in [-0.15, -0.1) is 0 Å². The number of carbonyl (C=O) groups excluding carboxylic acids is 2. The first-order chi connectivity index (χ1) is 16.0. The number of benzene rings is 2. The van der Waals surface area contributed by atoms with Crippen molar-refractivity contribution >= 4 is 23.4 Å². The Hall–Kier alpha value is -2.33. The number of rotatable bonds is 10. The van der Waals surface area contributed by atoms with Crippen LogP contribution in [0.1, 0.15) is 75.5 Å². The zero-order valence-corrected chi connectivity index (χ0v) is 20.7. The predicted molar refractivity (Wildman–Crippen MR) is 135 cm³/mol. The van der Waals surface area contributed by atoms with Gasteiger partial charge in [0.25, 0.3) is 0 Å². The molecule has 3 rings (SSSR count). The lowest BCUT2D eigenvalue weighted by Gasteiger charge is -2.33. The van der Waals surface area contributed by atoms with Gasteiger partial charge in [0.1, 0.15) is 6.04 Å². The van der Waals surface area contributed by atoms with Crippen molar-refractivity contribution in [2.45, 2.75) is 90.3 Å². The summed E-state index contributed by atoms with van der Waals surface area (Å²) in [6, 6.07) is 15.7. The minimum Gasteiger partial charge on any atom is -0.352 e. The van der Waals surface area contributed by atoms with E-state index in [4.69, 9.17) is 11.6 Å². The standard InChI is InChI=1S/C28H37ClN2O2/c1-3-21-14-16-22(17-15-21)18-19-27(32)31(20-23-10-8-9-13-25(23)29)26(4-2)28(33)30-24-11-6-5-7-12-24/h8-10,13-17,24,26H,3-7,11-12,18-20H2,1-2H3,(H,30,33)/t26-/m0/s1. The summed E-state index contributed by atoms with van der Waals surface area (Å²) < 4.78 is 0. The van der Waals surface area contributed by atoms with Crippen LogP contribution in [0.15, 0.2) is 48.5 Å². The Bertz CT molecular complexity index is 906. The topological polar surface area (TPSA) is 49.4 Å². The highest BCUT2D eigenvalue weighted by molar-refractivity contribution is 6.31. The van der Waals surface area contributed by atoms with E-state index in [1.54, 1.807) is 4.90 Å². The summed E-state index contributed by atoms with van der Waals surface area (Å²) in [5.41, 5.74) is 3.29. The van der Waals surface area contributed by atoms with Gasteiger partial charge < -0.3 is 10.2 Å². The third-order valence-electron chi connectivity index (χ3n) is 6.69. The Morgan fingerprint density at radius 3 is 2.30 bits per heavy atom. The van der Waals surface area contributed by atoms with Gasteiger partial charge in [-0.3, -0.25) is 9.59 Å². The van der Waals surface area contributed by atoms with Gasteiger partial charge in [0, 0.05) is 24.0 Å². The summed E-state index contributed by atoms with van der Waals surface area (Å²) in [5.74, 6) is -0.0581. The van der Waals surface area contributed by atoms with Crippen molar-refractivity contribution in [2.75, 3.05) is 0 Å². The number of nitrogens with one attached hydrogen (secondary N) is 1. The maximum Gasteiger partial charge on any atom is 0.243 e. The normalized spacial score (nSPS) is 15.1. The van der Waals surface area contributed by atoms with Crippen LogP contribution in [0.25, 0.3) is 0 Å². The molecule has 0 aliphatic heterocycles. The van der Waals surface area contributed by atoms with Crippen molar-refractivity contribution in [3.05, 3.63) is 70.2 Å². The summed E-state index contributed by atoms with van der Waals surface area (Å²) in [6.45, 7) is 4.44. The molecule has 2 aromatic carbocycles. The number of nitrogens with zero attached hydrogens (tertiary/aromatic N) is 1. The second-order valence-electron chi connectivity index (χ2n) is 9.05. The SMILES string of the molecule is CCc1ccc(CCC(=O)N(Cc2ccccc2Cl)[C@@H](CC)C(=O)NC2CCCCC2)cc1. The molecule has 0 bridgehead atoms. The number of aryl methyl sites for hydroxylation is 2. The molecule has 1 atom stereocenters. The van der Waals surface area contributed by atoms with Crippen LogP contribution in [0, 0.1) is 0 Å². The minimum absolute atomic E-state index is 0.0138. The molecule has 1 saturated carbocycles. The fraction of sp³-hybridized carbons (Fsp3) is 0.500. The second-order valence-corrected chi connectivity index (χ2v) is 9.46. The fourth-order valence-corrected chi connectivity index (χ4v) is 4.81. The lowest BCUT2D eigenvalue weighted by Crippen LogP contribution is -2.51. The van der Waals surface area contributed by atoms with E-state index in [-0.39, 0.29) is 17.9 Å². The monoisotopic (exact) mass is 468 g/mol. The molecule has 0 radical (unpaired) electrons. The van der Waals surface area contributed by atoms with Crippen LogP contribution in [0.4, 0.5) is 0 Å². The van der Waals surface area contributed by atoms with Crippen LogP contribution in [0.3, 0.4) is 0 Å². The highest BCUT2D eigenvalue weighted by Crippen LogP contribution is 2.22. The van der Waals surface area contributed by atoms with Gasteiger partial charge >= 0.3 is 0 Å². The van der Waals surface area contributed by atoms with Crippen LogP contribution in [-0.4, -0.2) is 28.8 Å². The van der Waals surface area contributed by atoms with E-state index in [9.17, 15) is 9.59 Å². The molecule has 178 valence electrons. The van der Waals surface area contributed by atoms with E-state index >= 15 is 0 Å². The highest BCUT2D eigenvalue weighted by atomic mass is 35.5. The zero-order chi connectivity index (χ0) is 23.6. The first-order valence-electron chi connectivity index (χ1n) is 12.4. The van der Waals surface area contributed by atoms with Crippen molar-refractivity contribution in [1.82, 2.24) is 10.2 Å². The number of amides is 2. The fourth-order valence-electron chi connectivity index (χ4n) is 4.61. The molecule has 1 aliphatic carbocycles. The summed E-state index contributed by atoms with van der Waals surface area (Å²) in [4.78, 5) is 28.5. The average Bonchev–Trinajstić information content (AvgIpc) is 2.84. The van der Waals surface area contributed by atoms with Gasteiger partial charge in [0.15, 0.2) is 0 Å². The van der Waals surface area contributed by atoms with E-state index in [2.05, 4.69) is 36.5 Å². The first-order valence-corrected chi connectivity index (χ1v) is 12.8. The molecule has 5 heteroatoms. The third-order valence-corrected chi connectivity index (χ3v) is 7.06. The number of hydrogen-bond acceptors (Lipinski definition) is 2. The van der Waals surface area contributed by atoms with Crippen LogP contribution in [-0.2, 0) is 29.0 Å². The number of halogens is 1. The highest BCUT2D eigenvalue weighted by Gasteiger charge is 2.30. The van der Waals surface area contributed by atoms with E-state index in [0.29, 0.717) is 30.8 Å². The molecular formula is C28H37ClN2O2. The Morgan fingerprint density at radius 1 is 1.00 bits per heavy atom. The number of carbonyl (C=O) groups is 2. The molecule has 1 fully saturated rings. The third kappa shape index (κ3) is 7.33.